The minimum Gasteiger partial charge on any atom is -0.497 e. The molecule has 6 heteroatoms. The number of carbonyl (C=O) groups excluding carboxylic acids is 2. The van der Waals surface area contributed by atoms with E-state index in [-0.39, 0.29) is 30.3 Å². The van der Waals surface area contributed by atoms with Gasteiger partial charge < -0.3 is 19.1 Å². The Morgan fingerprint density at radius 3 is 2.37 bits per heavy atom. The second-order valence-electron chi connectivity index (χ2n) is 10.6. The average Bonchev–Trinajstić information content (AvgIpc) is 3.38. The van der Waals surface area contributed by atoms with E-state index < -0.39 is 0 Å². The first kappa shape index (κ1) is 27.5. The molecule has 1 aromatic heterocycles. The van der Waals surface area contributed by atoms with Crippen molar-refractivity contribution < 1.29 is 14.3 Å². The lowest BCUT2D eigenvalue weighted by atomic mass is 9.88. The van der Waals surface area contributed by atoms with Crippen molar-refractivity contribution in [2.45, 2.75) is 71.6 Å². The van der Waals surface area contributed by atoms with E-state index in [1.165, 1.54) is 6.42 Å². The summed E-state index contributed by atoms with van der Waals surface area (Å²) in [5, 5.41) is 0. The van der Waals surface area contributed by atoms with E-state index in [2.05, 4.69) is 16.7 Å². The second-order valence-corrected chi connectivity index (χ2v) is 10.6. The van der Waals surface area contributed by atoms with Crippen LogP contribution < -0.4 is 4.74 Å². The zero-order valence-electron chi connectivity index (χ0n) is 23.0. The van der Waals surface area contributed by atoms with Gasteiger partial charge in [0.1, 0.15) is 12.3 Å². The van der Waals surface area contributed by atoms with Crippen molar-refractivity contribution in [3.05, 3.63) is 89.7 Å². The molecule has 2 amide bonds. The fourth-order valence-electron chi connectivity index (χ4n) is 5.29. The Hall–Kier alpha value is -3.54. The van der Waals surface area contributed by atoms with Gasteiger partial charge in [0.2, 0.25) is 11.8 Å². The lowest BCUT2D eigenvalue weighted by Crippen LogP contribution is -2.48. The normalized spacial score (nSPS) is 13.9. The van der Waals surface area contributed by atoms with Gasteiger partial charge in [-0.15, -0.1) is 0 Å². The molecule has 6 nitrogen and oxygen atoms in total. The van der Waals surface area contributed by atoms with Gasteiger partial charge >= 0.3 is 0 Å². The van der Waals surface area contributed by atoms with Gasteiger partial charge in [0, 0.05) is 36.9 Å². The number of benzene rings is 2. The van der Waals surface area contributed by atoms with E-state index in [0.717, 1.165) is 48.3 Å². The molecule has 0 radical (unpaired) electrons. The molecule has 1 heterocycles. The number of ether oxygens (including phenoxy) is 1. The number of carbonyl (C=O) groups is 2. The van der Waals surface area contributed by atoms with Crippen LogP contribution >= 0.6 is 0 Å². The lowest BCUT2D eigenvalue weighted by Gasteiger charge is -2.34. The number of hydrogen-bond donors (Lipinski definition) is 0. The van der Waals surface area contributed by atoms with E-state index in [9.17, 15) is 9.59 Å². The number of amides is 2. The fraction of sp³-hybridized carbons (Fsp3) is 0.438. The van der Waals surface area contributed by atoms with Crippen LogP contribution in [0.2, 0.25) is 0 Å². The molecule has 202 valence electrons. The van der Waals surface area contributed by atoms with Crippen molar-refractivity contribution in [2.24, 2.45) is 5.92 Å². The SMILES string of the molecule is COc1cccc(Cn2cccc2CN(Cc2ccccc2)C(=O)CN(C(=O)C2CCCCC2)C(C)C)c1. The topological polar surface area (TPSA) is 54.8 Å². The zero-order valence-corrected chi connectivity index (χ0v) is 23.0. The molecule has 1 saturated carbocycles. The summed E-state index contributed by atoms with van der Waals surface area (Å²) in [4.78, 5) is 30.9. The molecule has 1 aliphatic carbocycles. The Labute approximate surface area is 227 Å². The first-order valence-electron chi connectivity index (χ1n) is 13.8. The number of hydrogen-bond acceptors (Lipinski definition) is 3. The standard InChI is InChI=1S/C32H41N3O3/c1-25(2)35(32(37)28-15-8-5-9-16-28)24-31(36)34(21-26-12-6-4-7-13-26)23-29-17-11-19-33(29)22-27-14-10-18-30(20-27)38-3/h4,6-7,10-14,17-20,25,28H,5,8-9,15-16,21-24H2,1-3H3. The quantitative estimate of drug-likeness (QED) is 0.320. The molecule has 0 saturated heterocycles. The Morgan fingerprint density at radius 1 is 0.921 bits per heavy atom. The summed E-state index contributed by atoms with van der Waals surface area (Å²) in [5.41, 5.74) is 3.25. The Kier molecular flexibility index (Phi) is 9.63. The summed E-state index contributed by atoms with van der Waals surface area (Å²) in [7, 11) is 1.67. The smallest absolute Gasteiger partial charge is 0.242 e. The number of nitrogens with zero attached hydrogens (tertiary/aromatic N) is 3. The third-order valence-corrected chi connectivity index (χ3v) is 7.50. The molecule has 3 aromatic rings. The molecule has 4 rings (SSSR count). The maximum absolute atomic E-state index is 13.8. The Bertz CT molecular complexity index is 1180. The number of methoxy groups -OCH3 is 1. The molecular formula is C32H41N3O3. The van der Waals surface area contributed by atoms with E-state index >= 15 is 0 Å². The molecule has 2 aromatic carbocycles. The number of rotatable bonds is 11. The van der Waals surface area contributed by atoms with E-state index in [1.54, 1.807) is 12.0 Å². The summed E-state index contributed by atoms with van der Waals surface area (Å²) in [6.45, 7) is 5.77. The minimum atomic E-state index is -0.0270. The lowest BCUT2D eigenvalue weighted by molar-refractivity contribution is -0.145. The average molecular weight is 516 g/mol. The summed E-state index contributed by atoms with van der Waals surface area (Å²) in [5.74, 6) is 0.977. The van der Waals surface area contributed by atoms with Gasteiger partial charge in [-0.2, -0.15) is 0 Å². The molecule has 0 spiro atoms. The maximum Gasteiger partial charge on any atom is 0.242 e. The molecule has 0 N–H and O–H groups in total. The third kappa shape index (κ3) is 7.27. The highest BCUT2D eigenvalue weighted by molar-refractivity contribution is 5.86. The molecular weight excluding hydrogens is 474 g/mol. The molecule has 0 aliphatic heterocycles. The van der Waals surface area contributed by atoms with Crippen LogP contribution in [0.15, 0.2) is 72.9 Å². The molecule has 38 heavy (non-hydrogen) atoms. The Morgan fingerprint density at radius 2 is 1.66 bits per heavy atom. The van der Waals surface area contributed by atoms with Gasteiger partial charge in [-0.25, -0.2) is 0 Å². The van der Waals surface area contributed by atoms with E-state index in [4.69, 9.17) is 4.74 Å². The van der Waals surface area contributed by atoms with Crippen molar-refractivity contribution >= 4 is 11.8 Å². The molecule has 1 fully saturated rings. The predicted molar refractivity (Wildman–Crippen MR) is 151 cm³/mol. The van der Waals surface area contributed by atoms with Crippen molar-refractivity contribution in [1.82, 2.24) is 14.4 Å². The van der Waals surface area contributed by atoms with Crippen LogP contribution in [-0.2, 0) is 29.2 Å². The molecule has 0 atom stereocenters. The summed E-state index contributed by atoms with van der Waals surface area (Å²) < 4.78 is 7.57. The van der Waals surface area contributed by atoms with Gasteiger partial charge in [0.05, 0.1) is 13.7 Å². The second kappa shape index (κ2) is 13.3. The van der Waals surface area contributed by atoms with Gasteiger partial charge in [0.25, 0.3) is 0 Å². The molecule has 0 bridgehead atoms. The van der Waals surface area contributed by atoms with Crippen molar-refractivity contribution in [3.63, 3.8) is 0 Å². The van der Waals surface area contributed by atoms with Crippen LogP contribution in [0, 0.1) is 5.92 Å². The van der Waals surface area contributed by atoms with Crippen molar-refractivity contribution in [3.8, 4) is 5.75 Å². The van der Waals surface area contributed by atoms with Crippen LogP contribution in [0.25, 0.3) is 0 Å². The van der Waals surface area contributed by atoms with E-state index in [1.807, 2.05) is 79.5 Å². The van der Waals surface area contributed by atoms with Crippen LogP contribution in [0.5, 0.6) is 5.75 Å². The van der Waals surface area contributed by atoms with Crippen LogP contribution in [-0.4, -0.2) is 45.9 Å². The van der Waals surface area contributed by atoms with Gasteiger partial charge in [0.15, 0.2) is 0 Å². The van der Waals surface area contributed by atoms with Gasteiger partial charge in [-0.3, -0.25) is 9.59 Å². The first-order valence-corrected chi connectivity index (χ1v) is 13.8. The highest BCUT2D eigenvalue weighted by Gasteiger charge is 2.30. The largest absolute Gasteiger partial charge is 0.497 e. The zero-order chi connectivity index (χ0) is 26.9. The fourth-order valence-corrected chi connectivity index (χ4v) is 5.29. The Balaban J connectivity index is 1.53. The predicted octanol–water partition coefficient (Wildman–Crippen LogP) is 5.89. The van der Waals surface area contributed by atoms with Crippen molar-refractivity contribution in [2.75, 3.05) is 13.7 Å². The van der Waals surface area contributed by atoms with Gasteiger partial charge in [-0.1, -0.05) is 61.7 Å². The summed E-state index contributed by atoms with van der Waals surface area (Å²) in [6, 6.07) is 22.2. The van der Waals surface area contributed by atoms with Crippen molar-refractivity contribution in [1.29, 1.82) is 0 Å². The summed E-state index contributed by atoms with van der Waals surface area (Å²) in [6.07, 6.45) is 7.31. The molecule has 0 unspecified atom stereocenters. The summed E-state index contributed by atoms with van der Waals surface area (Å²) >= 11 is 0. The third-order valence-electron chi connectivity index (χ3n) is 7.50. The van der Waals surface area contributed by atoms with E-state index in [0.29, 0.717) is 19.6 Å². The van der Waals surface area contributed by atoms with Crippen LogP contribution in [0.3, 0.4) is 0 Å². The molecule has 1 aliphatic rings. The minimum absolute atomic E-state index is 0.0242. The maximum atomic E-state index is 13.8. The van der Waals surface area contributed by atoms with Crippen LogP contribution in [0.4, 0.5) is 0 Å². The van der Waals surface area contributed by atoms with Crippen LogP contribution in [0.1, 0.15) is 62.8 Å². The first-order chi connectivity index (χ1) is 18.4. The monoisotopic (exact) mass is 515 g/mol. The van der Waals surface area contributed by atoms with Gasteiger partial charge in [-0.05, 0) is 62.1 Å². The number of aromatic nitrogens is 1. The highest BCUT2D eigenvalue weighted by atomic mass is 16.5. The highest BCUT2D eigenvalue weighted by Crippen LogP contribution is 2.26.